The van der Waals surface area contributed by atoms with Crippen molar-refractivity contribution >= 4 is 39.6 Å². The Labute approximate surface area is 143 Å². The normalized spacial score (nSPS) is 10.7. The summed E-state index contributed by atoms with van der Waals surface area (Å²) in [6, 6.07) is 21.7. The van der Waals surface area contributed by atoms with Crippen molar-refractivity contribution in [3.05, 3.63) is 66.7 Å². The number of hydrogen-bond donors (Lipinski definition) is 0. The van der Waals surface area contributed by atoms with Crippen LogP contribution in [0.1, 0.15) is 0 Å². The summed E-state index contributed by atoms with van der Waals surface area (Å²) in [5, 5.41) is 27.9. The van der Waals surface area contributed by atoms with Gasteiger partial charge in [0.1, 0.15) is 13.1 Å². The summed E-state index contributed by atoms with van der Waals surface area (Å²) in [6.45, 7) is 0. The summed E-state index contributed by atoms with van der Waals surface area (Å²) in [5.74, 6) is 0.341. The summed E-state index contributed by atoms with van der Waals surface area (Å²) in [5.41, 5.74) is 0. The second kappa shape index (κ2) is 6.22. The van der Waals surface area contributed by atoms with Crippen LogP contribution >= 0.6 is 0 Å². The molecule has 3 nitrogen and oxygen atoms in total. The quantitative estimate of drug-likeness (QED) is 0.318. The van der Waals surface area contributed by atoms with Gasteiger partial charge >= 0.3 is 16.8 Å². The maximum atomic E-state index is 10.9. The topological polar surface area (TPSA) is 55.3 Å². The van der Waals surface area contributed by atoms with E-state index in [1.807, 2.05) is 36.4 Å². The Bertz CT molecular complexity index is 1000. The first-order valence-corrected chi connectivity index (χ1v) is 7.05. The molecule has 23 heavy (non-hydrogen) atoms. The molecule has 1 radical (unpaired) electrons. The van der Waals surface area contributed by atoms with E-state index in [0.717, 1.165) is 32.3 Å². The molecule has 0 amide bonds. The third-order valence-corrected chi connectivity index (χ3v) is 3.91. The van der Waals surface area contributed by atoms with E-state index in [9.17, 15) is 10.0 Å². The number of rotatable bonds is 2. The van der Waals surface area contributed by atoms with Crippen molar-refractivity contribution < 1.29 is 31.5 Å². The predicted molar refractivity (Wildman–Crippen MR) is 85.3 cm³/mol. The van der Waals surface area contributed by atoms with E-state index in [4.69, 9.17) is 4.65 Å². The van der Waals surface area contributed by atoms with E-state index in [2.05, 4.69) is 18.2 Å². The molecule has 0 N–H and O–H groups in total. The fraction of sp³-hybridized carbons (Fsp3) is 0. The van der Waals surface area contributed by atoms with Crippen molar-refractivity contribution in [1.29, 1.82) is 0 Å². The monoisotopic (exact) mass is 345 g/mol. The van der Waals surface area contributed by atoms with Gasteiger partial charge in [-0.15, -0.1) is 0 Å². The molecule has 0 bridgehead atoms. The van der Waals surface area contributed by atoms with Gasteiger partial charge in [0.15, 0.2) is 0 Å². The van der Waals surface area contributed by atoms with Crippen LogP contribution in [0.3, 0.4) is 0 Å². The van der Waals surface area contributed by atoms with Gasteiger partial charge in [0.25, 0.3) is 0 Å². The Morgan fingerprint density at radius 2 is 1.35 bits per heavy atom. The van der Waals surface area contributed by atoms with Crippen LogP contribution in [0, 0.1) is 0 Å². The van der Waals surface area contributed by atoms with Crippen LogP contribution < -0.4 is 14.7 Å². The van der Waals surface area contributed by atoms with E-state index in [1.54, 1.807) is 12.1 Å². The maximum Gasteiger partial charge on any atom is 2.00 e. The van der Waals surface area contributed by atoms with Crippen LogP contribution in [0.2, 0.25) is 0 Å². The summed E-state index contributed by atoms with van der Waals surface area (Å²) in [6.07, 6.45) is 0. The molecule has 0 aliphatic rings. The minimum absolute atomic E-state index is 0. The zero-order valence-electron chi connectivity index (χ0n) is 12.0. The van der Waals surface area contributed by atoms with E-state index in [0.29, 0.717) is 5.75 Å². The van der Waals surface area contributed by atoms with Gasteiger partial charge in [-0.2, -0.15) is 0 Å². The Kier molecular flexibility index (Phi) is 4.28. The molecular weight excluding hydrogens is 334 g/mol. The van der Waals surface area contributed by atoms with Crippen LogP contribution in [-0.2, 0) is 16.8 Å². The summed E-state index contributed by atoms with van der Waals surface area (Å²) in [7, 11) is -2.33. The van der Waals surface area contributed by atoms with Crippen molar-refractivity contribution in [2.45, 2.75) is 0 Å². The van der Waals surface area contributed by atoms with Gasteiger partial charge in [-0.05, 0) is 45.1 Å². The molecule has 0 unspecified atom stereocenters. The molecule has 4 rings (SSSR count). The standard InChI is InChI=1S/C18H11BO3.Co/c20-19(21)22-17-7-3-6-12-8-9-15-10-13-4-1-2-5-14(13)11-16(15)18(12)17;/h1-11H;/q-2;+2. The molecule has 113 valence electrons. The molecule has 0 atom stereocenters. The molecule has 5 heteroatoms. The molecule has 0 aliphatic carbocycles. The van der Waals surface area contributed by atoms with Gasteiger partial charge in [-0.3, -0.25) is 0 Å². The van der Waals surface area contributed by atoms with Crippen molar-refractivity contribution in [3.8, 4) is 5.75 Å². The van der Waals surface area contributed by atoms with Gasteiger partial charge in [-0.1, -0.05) is 48.5 Å². The van der Waals surface area contributed by atoms with E-state index in [1.165, 1.54) is 0 Å². The SMILES string of the molecule is [Co+2].[O-]B([O-])Oc1cccc2ccc3cc4ccccc4cc3c12. The number of benzene rings is 4. The largest absolute Gasteiger partial charge is 2.00 e. The Morgan fingerprint density at radius 3 is 2.09 bits per heavy atom. The van der Waals surface area contributed by atoms with Crippen LogP contribution in [0.25, 0.3) is 32.3 Å². The molecule has 4 aromatic carbocycles. The predicted octanol–water partition coefficient (Wildman–Crippen LogP) is 2.23. The van der Waals surface area contributed by atoms with Gasteiger partial charge < -0.3 is 14.7 Å². The number of hydrogen-bond acceptors (Lipinski definition) is 3. The van der Waals surface area contributed by atoms with E-state index in [-0.39, 0.29) is 16.8 Å². The smallest absolute Gasteiger partial charge is 0.860 e. The third-order valence-electron chi connectivity index (χ3n) is 3.91. The second-order valence-electron chi connectivity index (χ2n) is 5.25. The third kappa shape index (κ3) is 2.80. The summed E-state index contributed by atoms with van der Waals surface area (Å²) >= 11 is 0. The van der Waals surface area contributed by atoms with Crippen LogP contribution in [0.15, 0.2) is 66.7 Å². The van der Waals surface area contributed by atoms with Crippen LogP contribution in [-0.4, -0.2) is 7.32 Å². The summed E-state index contributed by atoms with van der Waals surface area (Å²) < 4.78 is 4.94. The molecule has 0 aromatic heterocycles. The Balaban J connectivity index is 0.00000156. The van der Waals surface area contributed by atoms with Crippen molar-refractivity contribution in [3.63, 3.8) is 0 Å². The molecular formula is C18H11BCoO3. The minimum atomic E-state index is -2.33. The van der Waals surface area contributed by atoms with E-state index >= 15 is 0 Å². The molecule has 0 spiro atoms. The Morgan fingerprint density at radius 1 is 0.696 bits per heavy atom. The number of fused-ring (bicyclic) bond motifs is 4. The van der Waals surface area contributed by atoms with Gasteiger partial charge in [0.05, 0.1) is 0 Å². The molecule has 0 saturated heterocycles. The molecule has 0 heterocycles. The average Bonchev–Trinajstić information content (AvgIpc) is 2.52. The fourth-order valence-electron chi connectivity index (χ4n) is 2.97. The van der Waals surface area contributed by atoms with Gasteiger partial charge in [0, 0.05) is 5.39 Å². The summed E-state index contributed by atoms with van der Waals surface area (Å²) in [4.78, 5) is 0. The van der Waals surface area contributed by atoms with Crippen LogP contribution in [0.5, 0.6) is 5.75 Å². The van der Waals surface area contributed by atoms with Crippen molar-refractivity contribution in [2.24, 2.45) is 0 Å². The van der Waals surface area contributed by atoms with Crippen molar-refractivity contribution in [1.82, 2.24) is 0 Å². The Hall–Kier alpha value is -2.05. The fourth-order valence-corrected chi connectivity index (χ4v) is 2.97. The molecule has 0 saturated carbocycles. The van der Waals surface area contributed by atoms with Gasteiger partial charge in [-0.25, -0.2) is 0 Å². The van der Waals surface area contributed by atoms with Crippen LogP contribution in [0.4, 0.5) is 0 Å². The van der Waals surface area contributed by atoms with Gasteiger partial charge in [0.2, 0.25) is 0 Å². The minimum Gasteiger partial charge on any atom is -0.860 e. The van der Waals surface area contributed by atoms with Crippen molar-refractivity contribution in [2.75, 3.05) is 0 Å². The molecule has 4 aromatic rings. The zero-order chi connectivity index (χ0) is 15.1. The first kappa shape index (κ1) is 15.8. The first-order chi connectivity index (χ1) is 10.7. The maximum absolute atomic E-state index is 10.9. The first-order valence-electron chi connectivity index (χ1n) is 7.05. The zero-order valence-corrected chi connectivity index (χ0v) is 13.0. The molecule has 0 fully saturated rings. The average molecular weight is 345 g/mol. The second-order valence-corrected chi connectivity index (χ2v) is 5.25. The molecule has 0 aliphatic heterocycles. The van der Waals surface area contributed by atoms with E-state index < -0.39 is 7.32 Å².